The van der Waals surface area contributed by atoms with Crippen LogP contribution in [0.5, 0.6) is 0 Å². The second-order valence-electron chi connectivity index (χ2n) is 4.87. The van der Waals surface area contributed by atoms with Crippen molar-refractivity contribution in [1.29, 1.82) is 0 Å². The van der Waals surface area contributed by atoms with Crippen LogP contribution in [0.15, 0.2) is 18.2 Å². The molecule has 1 fully saturated rings. The molecule has 0 saturated heterocycles. The maximum atomic E-state index is 13.4. The van der Waals surface area contributed by atoms with E-state index in [0.717, 1.165) is 25.5 Å². The van der Waals surface area contributed by atoms with Gasteiger partial charge in [0.2, 0.25) is 0 Å². The number of hydrogen-bond donors (Lipinski definition) is 0. The lowest BCUT2D eigenvalue weighted by Gasteiger charge is -2.34. The molecule has 0 atom stereocenters. The third kappa shape index (κ3) is 3.39. The number of halogens is 3. The zero-order valence-electron chi connectivity index (χ0n) is 9.80. The summed E-state index contributed by atoms with van der Waals surface area (Å²) in [5.41, 5.74) is 0.538. The van der Waals surface area contributed by atoms with Gasteiger partial charge in [-0.05, 0) is 31.9 Å². The third-order valence-electron chi connectivity index (χ3n) is 3.20. The van der Waals surface area contributed by atoms with E-state index >= 15 is 0 Å². The average molecular weight is 260 g/mol. The Balaban J connectivity index is 1.87. The molecule has 0 bridgehead atoms. The number of hydrogen-bond acceptors (Lipinski definition) is 1. The number of rotatable bonds is 4. The third-order valence-corrected chi connectivity index (χ3v) is 3.56. The maximum absolute atomic E-state index is 13.4. The van der Waals surface area contributed by atoms with Crippen LogP contribution in [0.2, 0.25) is 0 Å². The Morgan fingerprint density at radius 1 is 1.35 bits per heavy atom. The highest BCUT2D eigenvalue weighted by atomic mass is 35.5. The molecule has 0 spiro atoms. The van der Waals surface area contributed by atoms with Crippen LogP contribution < -0.4 is 0 Å². The first kappa shape index (κ1) is 12.8. The number of benzene rings is 1. The monoisotopic (exact) mass is 259 g/mol. The SMILES string of the molecule is CN(Cc1ccc(F)cc1F)CC1CC(Cl)C1. The Hall–Kier alpha value is -0.670. The highest BCUT2D eigenvalue weighted by Gasteiger charge is 2.27. The topological polar surface area (TPSA) is 3.24 Å². The summed E-state index contributed by atoms with van der Waals surface area (Å²) in [6.45, 7) is 1.43. The molecule has 0 unspecified atom stereocenters. The van der Waals surface area contributed by atoms with E-state index in [1.54, 1.807) is 0 Å². The molecule has 1 saturated carbocycles. The van der Waals surface area contributed by atoms with Crippen LogP contribution >= 0.6 is 11.6 Å². The molecule has 1 nitrogen and oxygen atoms in total. The summed E-state index contributed by atoms with van der Waals surface area (Å²) in [6, 6.07) is 3.73. The molecule has 0 amide bonds. The summed E-state index contributed by atoms with van der Waals surface area (Å²) in [6.07, 6.45) is 2.08. The first-order valence-electron chi connectivity index (χ1n) is 5.81. The van der Waals surface area contributed by atoms with E-state index in [-0.39, 0.29) is 0 Å². The van der Waals surface area contributed by atoms with Crippen molar-refractivity contribution in [2.75, 3.05) is 13.6 Å². The van der Waals surface area contributed by atoms with Gasteiger partial charge < -0.3 is 4.90 Å². The van der Waals surface area contributed by atoms with Gasteiger partial charge in [0, 0.05) is 30.1 Å². The van der Waals surface area contributed by atoms with E-state index < -0.39 is 11.6 Å². The van der Waals surface area contributed by atoms with Gasteiger partial charge in [0.15, 0.2) is 0 Å². The summed E-state index contributed by atoms with van der Waals surface area (Å²) < 4.78 is 26.2. The van der Waals surface area contributed by atoms with Crippen LogP contribution in [0.1, 0.15) is 18.4 Å². The van der Waals surface area contributed by atoms with Crippen molar-refractivity contribution in [3.63, 3.8) is 0 Å². The summed E-state index contributed by atoms with van der Waals surface area (Å²) >= 11 is 5.91. The van der Waals surface area contributed by atoms with E-state index in [4.69, 9.17) is 11.6 Å². The Bertz CT molecular complexity index is 391. The van der Waals surface area contributed by atoms with Gasteiger partial charge in [-0.25, -0.2) is 8.78 Å². The van der Waals surface area contributed by atoms with Crippen molar-refractivity contribution in [2.24, 2.45) is 5.92 Å². The lowest BCUT2D eigenvalue weighted by Crippen LogP contribution is -2.34. The van der Waals surface area contributed by atoms with Gasteiger partial charge >= 0.3 is 0 Å². The van der Waals surface area contributed by atoms with Crippen LogP contribution in [0, 0.1) is 17.6 Å². The minimum absolute atomic E-state index is 0.316. The fourth-order valence-electron chi connectivity index (χ4n) is 2.25. The molecule has 0 N–H and O–H groups in total. The molecule has 17 heavy (non-hydrogen) atoms. The molecular weight excluding hydrogens is 244 g/mol. The molecule has 0 aliphatic heterocycles. The lowest BCUT2D eigenvalue weighted by atomic mass is 9.84. The second-order valence-corrected chi connectivity index (χ2v) is 5.48. The average Bonchev–Trinajstić information content (AvgIpc) is 2.20. The highest BCUT2D eigenvalue weighted by molar-refractivity contribution is 6.21. The van der Waals surface area contributed by atoms with E-state index in [0.29, 0.717) is 23.4 Å². The van der Waals surface area contributed by atoms with Crippen molar-refractivity contribution in [3.05, 3.63) is 35.4 Å². The molecular formula is C13H16ClF2N. The lowest BCUT2D eigenvalue weighted by molar-refractivity contribution is 0.202. The Morgan fingerprint density at radius 3 is 2.65 bits per heavy atom. The molecule has 0 radical (unpaired) electrons. The molecule has 94 valence electrons. The largest absolute Gasteiger partial charge is 0.302 e. The van der Waals surface area contributed by atoms with Crippen LogP contribution in [-0.4, -0.2) is 23.9 Å². The van der Waals surface area contributed by atoms with E-state index in [1.165, 1.54) is 12.1 Å². The van der Waals surface area contributed by atoms with Crippen LogP contribution in [0.4, 0.5) is 8.78 Å². The van der Waals surface area contributed by atoms with Crippen molar-refractivity contribution in [2.45, 2.75) is 24.8 Å². The Kier molecular flexibility index (Phi) is 4.00. The summed E-state index contributed by atoms with van der Waals surface area (Å²) in [7, 11) is 1.95. The summed E-state index contributed by atoms with van der Waals surface area (Å²) in [5, 5.41) is 0.316. The van der Waals surface area contributed by atoms with Crippen LogP contribution in [-0.2, 0) is 6.54 Å². The Morgan fingerprint density at radius 2 is 2.06 bits per heavy atom. The molecule has 4 heteroatoms. The smallest absolute Gasteiger partial charge is 0.130 e. The fraction of sp³-hybridized carbons (Fsp3) is 0.538. The predicted molar refractivity (Wildman–Crippen MR) is 65.1 cm³/mol. The second kappa shape index (κ2) is 5.32. The molecule has 0 heterocycles. The van der Waals surface area contributed by atoms with Crippen LogP contribution in [0.25, 0.3) is 0 Å². The zero-order chi connectivity index (χ0) is 12.4. The number of alkyl halides is 1. The fourth-order valence-corrected chi connectivity index (χ4v) is 2.75. The van der Waals surface area contributed by atoms with Crippen molar-refractivity contribution in [1.82, 2.24) is 4.90 Å². The van der Waals surface area contributed by atoms with Gasteiger partial charge in [0.1, 0.15) is 11.6 Å². The number of nitrogens with zero attached hydrogens (tertiary/aromatic N) is 1. The van der Waals surface area contributed by atoms with Gasteiger partial charge in [0.05, 0.1) is 0 Å². The van der Waals surface area contributed by atoms with E-state index in [1.807, 2.05) is 7.05 Å². The van der Waals surface area contributed by atoms with Crippen molar-refractivity contribution < 1.29 is 8.78 Å². The van der Waals surface area contributed by atoms with Gasteiger partial charge in [-0.15, -0.1) is 11.6 Å². The van der Waals surface area contributed by atoms with Crippen LogP contribution in [0.3, 0.4) is 0 Å². The molecule has 2 rings (SSSR count). The highest BCUT2D eigenvalue weighted by Crippen LogP contribution is 2.32. The molecule has 1 aliphatic rings. The van der Waals surface area contributed by atoms with Crippen molar-refractivity contribution >= 4 is 11.6 Å². The summed E-state index contributed by atoms with van der Waals surface area (Å²) in [4.78, 5) is 2.06. The van der Waals surface area contributed by atoms with Crippen molar-refractivity contribution in [3.8, 4) is 0 Å². The quantitative estimate of drug-likeness (QED) is 0.749. The normalized spacial score (nSPS) is 23.8. The minimum atomic E-state index is -0.530. The van der Waals surface area contributed by atoms with Gasteiger partial charge in [-0.1, -0.05) is 6.07 Å². The maximum Gasteiger partial charge on any atom is 0.130 e. The molecule has 1 aromatic rings. The first-order valence-corrected chi connectivity index (χ1v) is 6.25. The Labute approximate surface area is 105 Å². The standard InChI is InChI=1S/C13H16ClF2N/c1-17(7-9-4-11(14)5-9)8-10-2-3-12(15)6-13(10)16/h2-3,6,9,11H,4-5,7-8H2,1H3. The predicted octanol–water partition coefficient (Wildman–Crippen LogP) is 3.41. The first-order chi connectivity index (χ1) is 8.04. The minimum Gasteiger partial charge on any atom is -0.302 e. The molecule has 0 aromatic heterocycles. The van der Waals surface area contributed by atoms with Gasteiger partial charge in [0.25, 0.3) is 0 Å². The summed E-state index contributed by atoms with van der Waals surface area (Å²) in [5.74, 6) is -0.385. The van der Waals surface area contributed by atoms with E-state index in [9.17, 15) is 8.78 Å². The van der Waals surface area contributed by atoms with Gasteiger partial charge in [-0.2, -0.15) is 0 Å². The zero-order valence-corrected chi connectivity index (χ0v) is 10.6. The van der Waals surface area contributed by atoms with E-state index in [2.05, 4.69) is 4.90 Å². The molecule has 1 aromatic carbocycles. The van der Waals surface area contributed by atoms with Gasteiger partial charge in [-0.3, -0.25) is 0 Å². The molecule has 1 aliphatic carbocycles.